The van der Waals surface area contributed by atoms with Gasteiger partial charge in [0.1, 0.15) is 5.78 Å². The van der Waals surface area contributed by atoms with Gasteiger partial charge in [-0.2, -0.15) is 0 Å². The molecular formula is C14H26O. The highest BCUT2D eigenvalue weighted by molar-refractivity contribution is 5.81. The average molecular weight is 210 g/mol. The van der Waals surface area contributed by atoms with Crippen LogP contribution in [0.4, 0.5) is 0 Å². The summed E-state index contributed by atoms with van der Waals surface area (Å²) in [6.07, 6.45) is 8.03. The van der Waals surface area contributed by atoms with Crippen LogP contribution in [0.1, 0.15) is 65.7 Å². The van der Waals surface area contributed by atoms with Crippen molar-refractivity contribution in [3.8, 4) is 0 Å². The average Bonchev–Trinajstić information content (AvgIpc) is 2.65. The van der Waals surface area contributed by atoms with Crippen LogP contribution in [-0.2, 0) is 4.79 Å². The normalized spacial score (nSPS) is 26.1. The molecule has 0 N–H and O–H groups in total. The lowest BCUT2D eigenvalue weighted by molar-refractivity contribution is -0.122. The topological polar surface area (TPSA) is 17.1 Å². The van der Waals surface area contributed by atoms with Crippen molar-refractivity contribution in [2.24, 2.45) is 17.8 Å². The highest BCUT2D eigenvalue weighted by Gasteiger charge is 2.27. The maximum Gasteiger partial charge on any atom is 0.135 e. The third-order valence-electron chi connectivity index (χ3n) is 3.78. The van der Waals surface area contributed by atoms with Gasteiger partial charge in [0.25, 0.3) is 0 Å². The van der Waals surface area contributed by atoms with Gasteiger partial charge in [0, 0.05) is 12.3 Å². The Balaban J connectivity index is 2.18. The summed E-state index contributed by atoms with van der Waals surface area (Å²) in [5.41, 5.74) is 0. The Morgan fingerprint density at radius 1 is 1.33 bits per heavy atom. The van der Waals surface area contributed by atoms with E-state index in [0.717, 1.165) is 24.7 Å². The lowest BCUT2D eigenvalue weighted by atomic mass is 9.95. The Kier molecular flexibility index (Phi) is 5.35. The lowest BCUT2D eigenvalue weighted by Crippen LogP contribution is -2.11. The SMILES string of the molecule is CCC1CCC(C(=O)CCCC(C)C)C1. The van der Waals surface area contributed by atoms with Crippen molar-refractivity contribution in [1.82, 2.24) is 0 Å². The van der Waals surface area contributed by atoms with E-state index in [0.29, 0.717) is 11.7 Å². The predicted molar refractivity (Wildman–Crippen MR) is 64.8 cm³/mol. The molecule has 1 fully saturated rings. The van der Waals surface area contributed by atoms with Gasteiger partial charge in [-0.3, -0.25) is 4.79 Å². The summed E-state index contributed by atoms with van der Waals surface area (Å²) < 4.78 is 0. The van der Waals surface area contributed by atoms with Crippen LogP contribution in [0.5, 0.6) is 0 Å². The molecule has 0 radical (unpaired) electrons. The van der Waals surface area contributed by atoms with Gasteiger partial charge in [0.15, 0.2) is 0 Å². The first-order valence-corrected chi connectivity index (χ1v) is 6.66. The molecule has 0 aromatic heterocycles. The monoisotopic (exact) mass is 210 g/mol. The minimum Gasteiger partial charge on any atom is -0.299 e. The molecule has 0 heterocycles. The number of carbonyl (C=O) groups is 1. The van der Waals surface area contributed by atoms with Crippen LogP contribution in [-0.4, -0.2) is 5.78 Å². The maximum atomic E-state index is 11.9. The van der Waals surface area contributed by atoms with Gasteiger partial charge in [-0.05, 0) is 37.5 Å². The molecular weight excluding hydrogens is 184 g/mol. The summed E-state index contributed by atoms with van der Waals surface area (Å²) >= 11 is 0. The molecule has 1 aliphatic carbocycles. The molecule has 1 saturated carbocycles. The van der Waals surface area contributed by atoms with Gasteiger partial charge in [-0.15, -0.1) is 0 Å². The van der Waals surface area contributed by atoms with Crippen LogP contribution >= 0.6 is 0 Å². The van der Waals surface area contributed by atoms with E-state index in [9.17, 15) is 4.79 Å². The molecule has 2 unspecified atom stereocenters. The van der Waals surface area contributed by atoms with Crippen LogP contribution in [0, 0.1) is 17.8 Å². The van der Waals surface area contributed by atoms with Crippen LogP contribution in [0.15, 0.2) is 0 Å². The Hall–Kier alpha value is -0.330. The van der Waals surface area contributed by atoms with Crippen molar-refractivity contribution in [3.63, 3.8) is 0 Å². The molecule has 88 valence electrons. The highest BCUT2D eigenvalue weighted by Crippen LogP contribution is 2.34. The number of hydrogen-bond acceptors (Lipinski definition) is 1. The first-order valence-electron chi connectivity index (χ1n) is 6.66. The van der Waals surface area contributed by atoms with E-state index in [-0.39, 0.29) is 0 Å². The van der Waals surface area contributed by atoms with Crippen molar-refractivity contribution in [2.75, 3.05) is 0 Å². The first-order chi connectivity index (χ1) is 7.13. The number of carbonyl (C=O) groups excluding carboxylic acids is 1. The number of rotatable bonds is 6. The number of Topliss-reactive ketones (excluding diaryl/α,β-unsaturated/α-hetero) is 1. The van der Waals surface area contributed by atoms with E-state index < -0.39 is 0 Å². The van der Waals surface area contributed by atoms with E-state index in [1.165, 1.54) is 32.1 Å². The number of ketones is 1. The molecule has 0 saturated heterocycles. The van der Waals surface area contributed by atoms with E-state index in [1.54, 1.807) is 0 Å². The summed E-state index contributed by atoms with van der Waals surface area (Å²) in [6, 6.07) is 0. The zero-order chi connectivity index (χ0) is 11.3. The maximum absolute atomic E-state index is 11.9. The molecule has 1 nitrogen and oxygen atoms in total. The second-order valence-electron chi connectivity index (χ2n) is 5.54. The van der Waals surface area contributed by atoms with Gasteiger partial charge < -0.3 is 0 Å². The van der Waals surface area contributed by atoms with Gasteiger partial charge in [-0.25, -0.2) is 0 Å². The Morgan fingerprint density at radius 2 is 2.07 bits per heavy atom. The molecule has 1 rings (SSSR count). The molecule has 2 atom stereocenters. The molecule has 1 aliphatic rings. The summed E-state index contributed by atoms with van der Waals surface area (Å²) in [6.45, 7) is 6.70. The Morgan fingerprint density at radius 3 is 2.60 bits per heavy atom. The fourth-order valence-corrected chi connectivity index (χ4v) is 2.63. The van der Waals surface area contributed by atoms with E-state index in [1.807, 2.05) is 0 Å². The van der Waals surface area contributed by atoms with Crippen LogP contribution in [0.25, 0.3) is 0 Å². The van der Waals surface area contributed by atoms with Crippen LogP contribution < -0.4 is 0 Å². The van der Waals surface area contributed by atoms with Gasteiger partial charge >= 0.3 is 0 Å². The van der Waals surface area contributed by atoms with Crippen molar-refractivity contribution in [1.29, 1.82) is 0 Å². The smallest absolute Gasteiger partial charge is 0.135 e. The fourth-order valence-electron chi connectivity index (χ4n) is 2.63. The quantitative estimate of drug-likeness (QED) is 0.642. The molecule has 1 heteroatoms. The molecule has 0 spiro atoms. The van der Waals surface area contributed by atoms with Crippen molar-refractivity contribution in [3.05, 3.63) is 0 Å². The molecule has 0 aromatic carbocycles. The first kappa shape index (κ1) is 12.7. The molecule has 15 heavy (non-hydrogen) atoms. The third kappa shape index (κ3) is 4.36. The summed E-state index contributed by atoms with van der Waals surface area (Å²) in [5.74, 6) is 2.54. The Bertz CT molecular complexity index is 196. The largest absolute Gasteiger partial charge is 0.299 e. The molecule has 0 aliphatic heterocycles. The second kappa shape index (κ2) is 6.30. The third-order valence-corrected chi connectivity index (χ3v) is 3.78. The summed E-state index contributed by atoms with van der Waals surface area (Å²) in [5, 5.41) is 0. The minimum absolute atomic E-state index is 0.419. The van der Waals surface area contributed by atoms with Gasteiger partial charge in [-0.1, -0.05) is 33.6 Å². The minimum atomic E-state index is 0.419. The lowest BCUT2D eigenvalue weighted by Gasteiger charge is -2.09. The fraction of sp³-hybridized carbons (Fsp3) is 0.929. The van der Waals surface area contributed by atoms with E-state index in [2.05, 4.69) is 20.8 Å². The van der Waals surface area contributed by atoms with Crippen LogP contribution in [0.2, 0.25) is 0 Å². The van der Waals surface area contributed by atoms with Gasteiger partial charge in [0.05, 0.1) is 0 Å². The second-order valence-corrected chi connectivity index (χ2v) is 5.54. The molecule has 0 bridgehead atoms. The van der Waals surface area contributed by atoms with Crippen molar-refractivity contribution < 1.29 is 4.79 Å². The molecule has 0 amide bonds. The molecule has 0 aromatic rings. The van der Waals surface area contributed by atoms with E-state index in [4.69, 9.17) is 0 Å². The predicted octanol–water partition coefficient (Wildman–Crippen LogP) is 4.21. The van der Waals surface area contributed by atoms with Crippen LogP contribution in [0.3, 0.4) is 0 Å². The zero-order valence-electron chi connectivity index (χ0n) is 10.6. The Labute approximate surface area is 94.6 Å². The summed E-state index contributed by atoms with van der Waals surface area (Å²) in [4.78, 5) is 11.9. The standard InChI is InChI=1S/C14H26O/c1-4-12-8-9-13(10-12)14(15)7-5-6-11(2)3/h11-13H,4-10H2,1-3H3. The van der Waals surface area contributed by atoms with Gasteiger partial charge in [0.2, 0.25) is 0 Å². The highest BCUT2D eigenvalue weighted by atomic mass is 16.1. The number of hydrogen-bond donors (Lipinski definition) is 0. The van der Waals surface area contributed by atoms with Crippen molar-refractivity contribution >= 4 is 5.78 Å². The summed E-state index contributed by atoms with van der Waals surface area (Å²) in [7, 11) is 0. The van der Waals surface area contributed by atoms with E-state index >= 15 is 0 Å². The zero-order valence-corrected chi connectivity index (χ0v) is 10.6. The van der Waals surface area contributed by atoms with Crippen molar-refractivity contribution in [2.45, 2.75) is 65.7 Å².